The molecule has 0 bridgehead atoms. The number of hydrogen-bond acceptors (Lipinski definition) is 1. The number of rotatable bonds is 2. The van der Waals surface area contributed by atoms with Gasteiger partial charge in [-0.05, 0) is 269 Å². The zero-order valence-electron chi connectivity index (χ0n) is 52.1. The van der Waals surface area contributed by atoms with Crippen molar-refractivity contribution in [1.82, 2.24) is 0 Å². The van der Waals surface area contributed by atoms with E-state index < -0.39 is 14.8 Å². The summed E-state index contributed by atoms with van der Waals surface area (Å²) in [6, 6.07) is 5.30. The van der Waals surface area contributed by atoms with E-state index in [1.807, 2.05) is 33.4 Å². The van der Waals surface area contributed by atoms with Crippen LogP contribution in [-0.4, -0.2) is 27.5 Å². The highest BCUT2D eigenvalue weighted by Gasteiger charge is 2.58. The van der Waals surface area contributed by atoms with Crippen LogP contribution in [0.3, 0.4) is 0 Å². The highest BCUT2D eigenvalue weighted by molar-refractivity contribution is 7.45. The van der Waals surface area contributed by atoms with Crippen LogP contribution in [0, 0.1) is 32.5 Å². The molecule has 3 aromatic rings. The lowest BCUT2D eigenvalue weighted by molar-refractivity contribution is 0.125. The molecule has 0 spiro atoms. The number of allylic oxidation sites excluding steroid dienone is 3. The Morgan fingerprint density at radius 3 is 1.05 bits per heavy atom. The molecule has 0 N–H and O–H groups in total. The van der Waals surface area contributed by atoms with Crippen LogP contribution in [0.1, 0.15) is 261 Å². The number of fused-ring (bicyclic) bond motifs is 18. The molecule has 3 saturated heterocycles. The third-order valence-electron chi connectivity index (χ3n) is 22.3. The van der Waals surface area contributed by atoms with Gasteiger partial charge in [0.15, 0.2) is 0 Å². The van der Waals surface area contributed by atoms with E-state index in [1.54, 1.807) is 83.5 Å². The number of hydrogen-bond donors (Lipinski definition) is 0. The van der Waals surface area contributed by atoms with Crippen molar-refractivity contribution in [2.75, 3.05) is 6.61 Å². The molecule has 3 atom stereocenters. The quantitative estimate of drug-likeness (QED) is 0.184. The summed E-state index contributed by atoms with van der Waals surface area (Å²) in [5.41, 5.74) is 40.9. The molecule has 3 fully saturated rings. The topological polar surface area (TPSA) is 9.23 Å². The summed E-state index contributed by atoms with van der Waals surface area (Å²) in [6.45, 7) is 39.2. The van der Waals surface area contributed by atoms with Crippen LogP contribution < -0.4 is 0 Å². The molecule has 3 heterocycles. The molecule has 3 unspecified atom stereocenters. The summed E-state index contributed by atoms with van der Waals surface area (Å²) in [7, 11) is -1.85. The van der Waals surface area contributed by atoms with Gasteiger partial charge in [-0.25, -0.2) is 0 Å². The Kier molecular flexibility index (Phi) is 13.9. The van der Waals surface area contributed by atoms with E-state index in [0.717, 1.165) is 18.7 Å². The van der Waals surface area contributed by atoms with Gasteiger partial charge in [0, 0.05) is 17.7 Å². The fraction of sp³-hybridized carbons (Fsp3) is 0.671. The second-order valence-corrected chi connectivity index (χ2v) is 45.8. The van der Waals surface area contributed by atoms with Gasteiger partial charge in [0.2, 0.25) is 0 Å². The molecule has 422 valence electrons. The summed E-state index contributed by atoms with van der Waals surface area (Å²) >= 11 is 11.7. The average Bonchev–Trinajstić information content (AvgIpc) is 4.35. The minimum atomic E-state index is -1.85. The Morgan fingerprint density at radius 1 is 0.397 bits per heavy atom. The van der Waals surface area contributed by atoms with Crippen LogP contribution in [0.4, 0.5) is 0 Å². The van der Waals surface area contributed by atoms with Crippen molar-refractivity contribution in [2.45, 2.75) is 274 Å². The van der Waals surface area contributed by atoms with Crippen LogP contribution in [0.15, 0.2) is 16.7 Å². The fourth-order valence-corrected chi connectivity index (χ4v) is 30.3. The first kappa shape index (κ1) is 56.3. The largest absolute Gasteiger partial charge is 0.379 e. The van der Waals surface area contributed by atoms with E-state index in [0.29, 0.717) is 49.7 Å². The summed E-state index contributed by atoms with van der Waals surface area (Å²) in [6.07, 6.45) is 33.2. The van der Waals surface area contributed by atoms with Gasteiger partial charge in [-0.1, -0.05) is 156 Å². The summed E-state index contributed by atoms with van der Waals surface area (Å²) < 4.78 is 5.15. The summed E-state index contributed by atoms with van der Waals surface area (Å²) in [4.78, 5) is 0. The molecule has 3 aromatic carbocycles. The molecule has 0 amide bonds. The predicted octanol–water partition coefficient (Wildman–Crippen LogP) is 20.0. The number of benzene rings is 3. The Balaban J connectivity index is 0.000000150. The second-order valence-electron chi connectivity index (χ2n) is 33.5. The molecule has 5 heteroatoms. The van der Waals surface area contributed by atoms with Gasteiger partial charge in [-0.2, -0.15) is 0 Å². The molecule has 3 aliphatic heterocycles. The lowest BCUT2D eigenvalue weighted by Crippen LogP contribution is -2.46. The first-order valence-electron chi connectivity index (χ1n) is 32.0. The summed E-state index contributed by atoms with van der Waals surface area (Å²) in [5, 5.41) is 0. The van der Waals surface area contributed by atoms with Crippen LogP contribution in [0.25, 0.3) is 18.2 Å². The van der Waals surface area contributed by atoms with Crippen molar-refractivity contribution in [3.63, 3.8) is 0 Å². The van der Waals surface area contributed by atoms with Gasteiger partial charge in [0.1, 0.15) is 0 Å². The second kappa shape index (κ2) is 19.2. The van der Waals surface area contributed by atoms with Crippen LogP contribution >= 0.6 is 22.2 Å². The average molecular weight is 1120 g/mol. The normalized spacial score (nSPS) is 28.5. The van der Waals surface area contributed by atoms with Crippen molar-refractivity contribution >= 4 is 55.2 Å². The van der Waals surface area contributed by atoms with Crippen LogP contribution in [0.5, 0.6) is 0 Å². The third-order valence-corrected chi connectivity index (χ3v) is 33.1. The van der Waals surface area contributed by atoms with E-state index in [2.05, 4.69) is 129 Å². The molecule has 0 aromatic heterocycles. The third kappa shape index (κ3) is 9.91. The van der Waals surface area contributed by atoms with E-state index in [4.69, 9.17) is 26.9 Å². The van der Waals surface area contributed by atoms with Crippen molar-refractivity contribution < 1.29 is 4.74 Å². The van der Waals surface area contributed by atoms with Gasteiger partial charge in [0.25, 0.3) is 6.69 Å². The maximum atomic E-state index is 5.87. The van der Waals surface area contributed by atoms with Crippen LogP contribution in [0.2, 0.25) is 24.2 Å². The van der Waals surface area contributed by atoms with Crippen LogP contribution in [-0.2, 0) is 88.2 Å². The number of ether oxygens (including phenoxy) is 1. The highest BCUT2D eigenvalue weighted by atomic mass is 35.7. The lowest BCUT2D eigenvalue weighted by atomic mass is 9.88. The molecule has 15 rings (SSSR count). The van der Waals surface area contributed by atoms with Crippen molar-refractivity contribution in [1.29, 1.82) is 0 Å². The molecule has 0 radical (unpaired) electrons. The molecule has 0 saturated carbocycles. The van der Waals surface area contributed by atoms with Gasteiger partial charge in [0.05, 0.1) is 14.2 Å². The summed E-state index contributed by atoms with van der Waals surface area (Å²) in [5.74, 6) is 0. The zero-order valence-corrected chi connectivity index (χ0v) is 55.6. The van der Waals surface area contributed by atoms with Gasteiger partial charge < -0.3 is 4.74 Å². The lowest BCUT2D eigenvalue weighted by Gasteiger charge is -2.43. The van der Waals surface area contributed by atoms with Crippen molar-refractivity contribution in [3.8, 4) is 0 Å². The van der Waals surface area contributed by atoms with E-state index in [1.165, 1.54) is 134 Å². The Labute approximate surface area is 486 Å². The monoisotopic (exact) mass is 1120 g/mol. The maximum absolute atomic E-state index is 5.87. The first-order chi connectivity index (χ1) is 36.4. The smallest absolute Gasteiger partial charge is 0.251 e. The Bertz CT molecular complexity index is 2960. The minimum absolute atomic E-state index is 0.388. The van der Waals surface area contributed by atoms with E-state index in [-0.39, 0.29) is 0 Å². The van der Waals surface area contributed by atoms with Gasteiger partial charge >= 0.3 is 0 Å². The van der Waals surface area contributed by atoms with Crippen molar-refractivity contribution in [3.05, 3.63) is 117 Å². The Morgan fingerprint density at radius 2 is 0.718 bits per heavy atom. The highest BCUT2D eigenvalue weighted by Crippen LogP contribution is 2.65. The maximum Gasteiger partial charge on any atom is 0.251 e. The molecule has 9 aliphatic carbocycles. The molecular weight excluding hydrogens is 1020 g/mol. The molecule has 12 aliphatic rings. The predicted molar refractivity (Wildman–Crippen MR) is 342 cm³/mol. The van der Waals surface area contributed by atoms with Crippen molar-refractivity contribution in [2.24, 2.45) is 32.5 Å². The number of halogens is 2. The van der Waals surface area contributed by atoms with Gasteiger partial charge in [-0.15, -0.1) is 22.2 Å². The molecule has 78 heavy (non-hydrogen) atoms. The minimum Gasteiger partial charge on any atom is -0.379 e. The van der Waals surface area contributed by atoms with E-state index in [9.17, 15) is 0 Å². The zero-order chi connectivity index (χ0) is 55.7. The molecular formula is C73H102Cl2OSi2. The van der Waals surface area contributed by atoms with E-state index >= 15 is 0 Å². The SMILES string of the molecule is CC1=Cc2c3c(c4c(c2C1)CC(C)(C)C4)CC(C)(C)C3.CC1=Cc2c3c(c4c(c2C1[Si]1(C2C(C)=Cc5c6c(c7c(c52)CC(C)(C)C7)CC(C)(C)C6)CCCC1)CC(C)(C)C4)CC(C)(C)C3.CC1CCCO1.Cl[Si]1(Cl)CCCC1. The standard InChI is InChI=1S/C44H58Si.C20H26.C5H10O.C4H8Cl2Si/c1-25-15-27-29-17-41(3,4)19-31(29)33-21-43(7,8)23-35(33)37(27)39(25)45(13-11-12-14-45)40-26(2)16-28-30-18-42(5,6)20-32(30)34-22-44(9,10)24-36(34)38(28)40;1-12-6-13-14(7-12)16-9-20(4,5)11-18(16)17-10-19(2,3)8-15(13)17;1-5-3-2-4-6-5;5-7(6)3-1-2-4-7/h15-16,39-40H,11-14,17-24H2,1-10H3;6H,7-11H2,1-5H3;5H,2-4H2,1H3;1-4H2. The molecule has 1 nitrogen and oxygen atoms in total. The fourth-order valence-electron chi connectivity index (χ4n) is 19.6. The first-order valence-corrected chi connectivity index (χ1v) is 39.0. The Hall–Kier alpha value is -2.15. The van der Waals surface area contributed by atoms with Gasteiger partial charge in [-0.3, -0.25) is 0 Å².